The second-order valence-electron chi connectivity index (χ2n) is 3.74. The van der Waals surface area contributed by atoms with E-state index in [2.05, 4.69) is 15.1 Å². The van der Waals surface area contributed by atoms with Crippen LogP contribution in [0.25, 0.3) is 11.7 Å². The first-order valence-corrected chi connectivity index (χ1v) is 5.10. The molecule has 0 fully saturated rings. The monoisotopic (exact) mass is 222 g/mol. The van der Waals surface area contributed by atoms with Gasteiger partial charge in [-0.15, -0.1) is 0 Å². The second-order valence-corrected chi connectivity index (χ2v) is 3.74. The molecule has 0 radical (unpaired) electrons. The van der Waals surface area contributed by atoms with Gasteiger partial charge in [0.25, 0.3) is 5.89 Å². The zero-order chi connectivity index (χ0) is 11.7. The molecule has 2 rings (SSSR count). The molecule has 86 valence electrons. The van der Waals surface area contributed by atoms with E-state index in [1.807, 2.05) is 13.8 Å². The van der Waals surface area contributed by atoms with Crippen LogP contribution in [0.2, 0.25) is 0 Å². The predicted molar refractivity (Wildman–Crippen MR) is 56.7 cm³/mol. The maximum Gasteiger partial charge on any atom is 0.295 e. The standard InChI is InChI=1S/C10H14N4O2/c1-5(4-11)9-13-10(16-14-9)8-6(2)12-7(3)15-8/h5H,4,11H2,1-3H3. The highest BCUT2D eigenvalue weighted by Crippen LogP contribution is 2.23. The summed E-state index contributed by atoms with van der Waals surface area (Å²) >= 11 is 0. The molecule has 1 unspecified atom stereocenters. The molecule has 2 aromatic rings. The first-order valence-electron chi connectivity index (χ1n) is 5.10. The zero-order valence-corrected chi connectivity index (χ0v) is 9.52. The van der Waals surface area contributed by atoms with E-state index in [9.17, 15) is 0 Å². The van der Waals surface area contributed by atoms with Gasteiger partial charge < -0.3 is 14.7 Å². The van der Waals surface area contributed by atoms with Crippen LogP contribution in [-0.2, 0) is 0 Å². The Morgan fingerprint density at radius 1 is 1.31 bits per heavy atom. The van der Waals surface area contributed by atoms with Crippen molar-refractivity contribution >= 4 is 0 Å². The van der Waals surface area contributed by atoms with Crippen molar-refractivity contribution < 1.29 is 8.94 Å². The number of aromatic nitrogens is 3. The summed E-state index contributed by atoms with van der Waals surface area (Å²) in [5, 5.41) is 3.86. The average molecular weight is 222 g/mol. The van der Waals surface area contributed by atoms with Crippen LogP contribution in [0.3, 0.4) is 0 Å². The fraction of sp³-hybridized carbons (Fsp3) is 0.500. The SMILES string of the molecule is Cc1nc(C)c(-c2nc(C(C)CN)no2)o1. The Morgan fingerprint density at radius 3 is 2.62 bits per heavy atom. The molecule has 0 amide bonds. The molecule has 16 heavy (non-hydrogen) atoms. The number of nitrogens with zero attached hydrogens (tertiary/aromatic N) is 3. The van der Waals surface area contributed by atoms with Gasteiger partial charge in [-0.25, -0.2) is 4.98 Å². The quantitative estimate of drug-likeness (QED) is 0.844. The lowest BCUT2D eigenvalue weighted by Gasteiger charge is -1.98. The Kier molecular flexibility index (Phi) is 2.74. The molecule has 0 aliphatic carbocycles. The van der Waals surface area contributed by atoms with Gasteiger partial charge in [0.2, 0.25) is 5.76 Å². The average Bonchev–Trinajstić information content (AvgIpc) is 2.83. The Morgan fingerprint density at radius 2 is 2.06 bits per heavy atom. The number of aryl methyl sites for hydroxylation is 2. The molecular formula is C10H14N4O2. The largest absolute Gasteiger partial charge is 0.436 e. The summed E-state index contributed by atoms with van der Waals surface area (Å²) in [6.45, 7) is 6.03. The molecule has 2 heterocycles. The summed E-state index contributed by atoms with van der Waals surface area (Å²) < 4.78 is 10.5. The van der Waals surface area contributed by atoms with E-state index in [0.29, 0.717) is 29.9 Å². The molecule has 2 N–H and O–H groups in total. The molecule has 0 bridgehead atoms. The number of nitrogens with two attached hydrogens (primary N) is 1. The molecule has 0 aliphatic rings. The number of oxazole rings is 1. The molecule has 6 heteroatoms. The molecule has 0 aromatic carbocycles. The highest BCUT2D eigenvalue weighted by Gasteiger charge is 2.18. The summed E-state index contributed by atoms with van der Waals surface area (Å²) in [6.07, 6.45) is 0. The first-order chi connectivity index (χ1) is 7.61. The normalized spacial score (nSPS) is 13.0. The van der Waals surface area contributed by atoms with Crippen molar-refractivity contribution in [3.8, 4) is 11.7 Å². The molecule has 0 saturated heterocycles. The van der Waals surface area contributed by atoms with Crippen molar-refractivity contribution in [1.82, 2.24) is 15.1 Å². The van der Waals surface area contributed by atoms with Gasteiger partial charge in [-0.1, -0.05) is 12.1 Å². The van der Waals surface area contributed by atoms with Gasteiger partial charge in [0, 0.05) is 19.4 Å². The fourth-order valence-electron chi connectivity index (χ4n) is 1.36. The van der Waals surface area contributed by atoms with Crippen LogP contribution in [0.15, 0.2) is 8.94 Å². The number of hydrogen-bond donors (Lipinski definition) is 1. The molecule has 2 aromatic heterocycles. The third-order valence-electron chi connectivity index (χ3n) is 2.33. The van der Waals surface area contributed by atoms with Crippen molar-refractivity contribution in [3.05, 3.63) is 17.4 Å². The van der Waals surface area contributed by atoms with E-state index in [0.717, 1.165) is 5.69 Å². The molecule has 0 spiro atoms. The minimum absolute atomic E-state index is 0.0711. The van der Waals surface area contributed by atoms with Crippen LogP contribution in [0, 0.1) is 13.8 Å². The predicted octanol–water partition coefficient (Wildman–Crippen LogP) is 1.40. The highest BCUT2D eigenvalue weighted by molar-refractivity contribution is 5.47. The number of rotatable bonds is 3. The molecule has 1 atom stereocenters. The van der Waals surface area contributed by atoms with Gasteiger partial charge in [-0.2, -0.15) is 4.98 Å². The van der Waals surface area contributed by atoms with E-state index < -0.39 is 0 Å². The van der Waals surface area contributed by atoms with Crippen LogP contribution >= 0.6 is 0 Å². The summed E-state index contributed by atoms with van der Waals surface area (Å²) in [4.78, 5) is 8.38. The maximum absolute atomic E-state index is 5.53. The van der Waals surface area contributed by atoms with Gasteiger partial charge in [0.05, 0.1) is 5.69 Å². The zero-order valence-electron chi connectivity index (χ0n) is 9.52. The van der Waals surface area contributed by atoms with Gasteiger partial charge in [-0.3, -0.25) is 0 Å². The lowest BCUT2D eigenvalue weighted by Crippen LogP contribution is -2.10. The summed E-state index contributed by atoms with van der Waals surface area (Å²) in [5.41, 5.74) is 6.27. The maximum atomic E-state index is 5.53. The minimum Gasteiger partial charge on any atom is -0.436 e. The Bertz CT molecular complexity index is 489. The molecular weight excluding hydrogens is 208 g/mol. The first kappa shape index (κ1) is 10.8. The Labute approximate surface area is 92.9 Å². The summed E-state index contributed by atoms with van der Waals surface area (Å²) in [5.74, 6) is 2.13. The molecule has 0 saturated carbocycles. The van der Waals surface area contributed by atoms with Crippen molar-refractivity contribution in [1.29, 1.82) is 0 Å². The smallest absolute Gasteiger partial charge is 0.295 e. The molecule has 0 aliphatic heterocycles. The van der Waals surface area contributed by atoms with E-state index in [4.69, 9.17) is 14.7 Å². The van der Waals surface area contributed by atoms with Crippen molar-refractivity contribution in [2.24, 2.45) is 5.73 Å². The lowest BCUT2D eigenvalue weighted by atomic mass is 10.2. The summed E-state index contributed by atoms with van der Waals surface area (Å²) in [7, 11) is 0. The third kappa shape index (κ3) is 1.83. The topological polar surface area (TPSA) is 91.0 Å². The Balaban J connectivity index is 2.35. The lowest BCUT2D eigenvalue weighted by molar-refractivity contribution is 0.402. The third-order valence-corrected chi connectivity index (χ3v) is 2.33. The van der Waals surface area contributed by atoms with E-state index in [1.54, 1.807) is 6.92 Å². The van der Waals surface area contributed by atoms with Crippen molar-refractivity contribution in [3.63, 3.8) is 0 Å². The summed E-state index contributed by atoms with van der Waals surface area (Å²) in [6, 6.07) is 0. The van der Waals surface area contributed by atoms with Crippen molar-refractivity contribution in [2.75, 3.05) is 6.54 Å². The van der Waals surface area contributed by atoms with Crippen LogP contribution in [0.1, 0.15) is 30.3 Å². The van der Waals surface area contributed by atoms with Crippen LogP contribution in [-0.4, -0.2) is 21.7 Å². The number of hydrogen-bond acceptors (Lipinski definition) is 6. The van der Waals surface area contributed by atoms with Gasteiger partial charge in [0.15, 0.2) is 11.7 Å². The van der Waals surface area contributed by atoms with Gasteiger partial charge in [-0.05, 0) is 6.92 Å². The van der Waals surface area contributed by atoms with Crippen LogP contribution < -0.4 is 5.73 Å². The minimum atomic E-state index is 0.0711. The van der Waals surface area contributed by atoms with Crippen molar-refractivity contribution in [2.45, 2.75) is 26.7 Å². The van der Waals surface area contributed by atoms with Gasteiger partial charge >= 0.3 is 0 Å². The van der Waals surface area contributed by atoms with E-state index >= 15 is 0 Å². The van der Waals surface area contributed by atoms with E-state index in [1.165, 1.54) is 0 Å². The highest BCUT2D eigenvalue weighted by atomic mass is 16.5. The Hall–Kier alpha value is -1.69. The van der Waals surface area contributed by atoms with Crippen LogP contribution in [0.4, 0.5) is 0 Å². The van der Waals surface area contributed by atoms with E-state index in [-0.39, 0.29) is 5.92 Å². The van der Waals surface area contributed by atoms with Crippen LogP contribution in [0.5, 0.6) is 0 Å². The van der Waals surface area contributed by atoms with Gasteiger partial charge in [0.1, 0.15) is 0 Å². The second kappa shape index (κ2) is 4.05. The molecule has 6 nitrogen and oxygen atoms in total. The fourth-order valence-corrected chi connectivity index (χ4v) is 1.36.